The van der Waals surface area contributed by atoms with Crippen LogP contribution in [0.5, 0.6) is 5.75 Å². The summed E-state index contributed by atoms with van der Waals surface area (Å²) in [6.45, 7) is -2.12. The first-order valence-corrected chi connectivity index (χ1v) is 7.11. The molecule has 1 saturated heterocycles. The van der Waals surface area contributed by atoms with Crippen molar-refractivity contribution in [2.45, 2.75) is 44.4 Å². The summed E-state index contributed by atoms with van der Waals surface area (Å²) in [5, 5.41) is 3.00. The van der Waals surface area contributed by atoms with Gasteiger partial charge in [0.2, 0.25) is 5.91 Å². The lowest BCUT2D eigenvalue weighted by Gasteiger charge is -2.25. The van der Waals surface area contributed by atoms with E-state index >= 15 is 0 Å². The summed E-state index contributed by atoms with van der Waals surface area (Å²) in [6.07, 6.45) is 5.07. The van der Waals surface area contributed by atoms with Gasteiger partial charge in [-0.15, -0.1) is 0 Å². The van der Waals surface area contributed by atoms with Crippen LogP contribution in [0, 0.1) is 0 Å². The number of alkyl halides is 2. The number of nitrogens with zero attached hydrogens (tertiary/aromatic N) is 2. The number of anilines is 1. The molecule has 0 aromatic carbocycles. The molecule has 2 fully saturated rings. The molecule has 2 aliphatic rings. The Balaban J connectivity index is 1.67. The van der Waals surface area contributed by atoms with E-state index in [1.54, 1.807) is 6.07 Å². The summed E-state index contributed by atoms with van der Waals surface area (Å²) in [5.41, 5.74) is 0. The number of rotatable bonds is 5. The Morgan fingerprint density at radius 1 is 1.38 bits per heavy atom. The zero-order valence-electron chi connectivity index (χ0n) is 11.5. The average molecular weight is 297 g/mol. The van der Waals surface area contributed by atoms with Gasteiger partial charge < -0.3 is 15.0 Å². The molecular formula is C14H17F2N3O2. The fourth-order valence-corrected chi connectivity index (χ4v) is 2.55. The number of nitrogens with one attached hydrogen (secondary N) is 1. The highest BCUT2D eigenvalue weighted by atomic mass is 19.3. The van der Waals surface area contributed by atoms with E-state index in [1.165, 1.54) is 12.3 Å². The number of hydrogen-bond donors (Lipinski definition) is 1. The van der Waals surface area contributed by atoms with E-state index in [-0.39, 0.29) is 17.7 Å². The minimum atomic E-state index is -2.86. The molecule has 0 bridgehead atoms. The summed E-state index contributed by atoms with van der Waals surface area (Å²) in [4.78, 5) is 18.2. The first-order valence-electron chi connectivity index (χ1n) is 7.11. The van der Waals surface area contributed by atoms with Crippen molar-refractivity contribution in [1.82, 2.24) is 10.3 Å². The molecule has 1 aromatic heterocycles. The highest BCUT2D eigenvalue weighted by molar-refractivity contribution is 5.86. The molecule has 5 nitrogen and oxygen atoms in total. The third kappa shape index (κ3) is 3.40. The SMILES string of the molecule is O=C(NC1CC1)[C@@H]1CCCN1c1ccc(OC(F)F)cn1. The first-order chi connectivity index (χ1) is 10.1. The van der Waals surface area contributed by atoms with E-state index in [1.807, 2.05) is 4.90 Å². The molecule has 0 spiro atoms. The van der Waals surface area contributed by atoms with Gasteiger partial charge in [-0.25, -0.2) is 4.98 Å². The van der Waals surface area contributed by atoms with Gasteiger partial charge in [0, 0.05) is 12.6 Å². The Kier molecular flexibility index (Phi) is 3.90. The molecule has 1 aliphatic carbocycles. The van der Waals surface area contributed by atoms with Crippen LogP contribution in [0.4, 0.5) is 14.6 Å². The van der Waals surface area contributed by atoms with Gasteiger partial charge in [0.25, 0.3) is 0 Å². The molecule has 0 radical (unpaired) electrons. The number of carbonyl (C=O) groups is 1. The van der Waals surface area contributed by atoms with Gasteiger partial charge in [-0.3, -0.25) is 4.79 Å². The van der Waals surface area contributed by atoms with Crippen LogP contribution in [0.15, 0.2) is 18.3 Å². The fourth-order valence-electron chi connectivity index (χ4n) is 2.55. The molecule has 1 aromatic rings. The number of carbonyl (C=O) groups excluding carboxylic acids is 1. The summed E-state index contributed by atoms with van der Waals surface area (Å²) >= 11 is 0. The third-order valence-electron chi connectivity index (χ3n) is 3.72. The van der Waals surface area contributed by atoms with Crippen LogP contribution in [-0.4, -0.2) is 36.1 Å². The maximum absolute atomic E-state index is 12.2. The van der Waals surface area contributed by atoms with Crippen molar-refractivity contribution in [2.75, 3.05) is 11.4 Å². The minimum absolute atomic E-state index is 0.0203. The molecule has 1 amide bonds. The lowest BCUT2D eigenvalue weighted by atomic mass is 10.2. The van der Waals surface area contributed by atoms with Crippen LogP contribution >= 0.6 is 0 Å². The van der Waals surface area contributed by atoms with Crippen LogP contribution in [0.1, 0.15) is 25.7 Å². The second-order valence-corrected chi connectivity index (χ2v) is 5.36. The monoisotopic (exact) mass is 297 g/mol. The Morgan fingerprint density at radius 3 is 2.81 bits per heavy atom. The summed E-state index contributed by atoms with van der Waals surface area (Å²) in [5.74, 6) is 0.668. The highest BCUT2D eigenvalue weighted by Gasteiger charge is 2.34. The summed E-state index contributed by atoms with van der Waals surface area (Å²) in [7, 11) is 0. The van der Waals surface area contributed by atoms with Crippen LogP contribution in [0.3, 0.4) is 0 Å². The molecule has 2 heterocycles. The molecule has 1 N–H and O–H groups in total. The predicted molar refractivity (Wildman–Crippen MR) is 72.4 cm³/mol. The fraction of sp³-hybridized carbons (Fsp3) is 0.571. The van der Waals surface area contributed by atoms with Crippen molar-refractivity contribution >= 4 is 11.7 Å². The van der Waals surface area contributed by atoms with Gasteiger partial charge in [0.05, 0.1) is 6.20 Å². The highest BCUT2D eigenvalue weighted by Crippen LogP contribution is 2.27. The Labute approximate surface area is 121 Å². The molecule has 3 rings (SSSR count). The van der Waals surface area contributed by atoms with Crippen LogP contribution < -0.4 is 15.0 Å². The van der Waals surface area contributed by atoms with Crippen LogP contribution in [0.25, 0.3) is 0 Å². The zero-order valence-corrected chi connectivity index (χ0v) is 11.5. The molecule has 1 aliphatic heterocycles. The predicted octanol–water partition coefficient (Wildman–Crippen LogP) is 1.93. The molecule has 1 atom stereocenters. The molecular weight excluding hydrogens is 280 g/mol. The lowest BCUT2D eigenvalue weighted by molar-refractivity contribution is -0.122. The quantitative estimate of drug-likeness (QED) is 0.902. The molecule has 1 saturated carbocycles. The smallest absolute Gasteiger partial charge is 0.387 e. The number of ether oxygens (including phenoxy) is 1. The molecule has 0 unspecified atom stereocenters. The number of halogens is 2. The van der Waals surface area contributed by atoms with Crippen molar-refractivity contribution in [3.05, 3.63) is 18.3 Å². The van der Waals surface area contributed by atoms with Gasteiger partial charge in [-0.1, -0.05) is 0 Å². The number of aromatic nitrogens is 1. The van der Waals surface area contributed by atoms with Crippen molar-refractivity contribution < 1.29 is 18.3 Å². The van der Waals surface area contributed by atoms with Crippen molar-refractivity contribution in [3.63, 3.8) is 0 Å². The maximum Gasteiger partial charge on any atom is 0.387 e. The topological polar surface area (TPSA) is 54.5 Å². The normalized spacial score (nSPS) is 21.7. The first kappa shape index (κ1) is 14.0. The Hall–Kier alpha value is -1.92. The van der Waals surface area contributed by atoms with Crippen LogP contribution in [0.2, 0.25) is 0 Å². The Morgan fingerprint density at radius 2 is 2.19 bits per heavy atom. The zero-order chi connectivity index (χ0) is 14.8. The van der Waals surface area contributed by atoms with Crippen molar-refractivity contribution in [3.8, 4) is 5.75 Å². The van der Waals surface area contributed by atoms with E-state index in [4.69, 9.17) is 0 Å². The van der Waals surface area contributed by atoms with Gasteiger partial charge >= 0.3 is 6.61 Å². The Bertz CT molecular complexity index is 505. The average Bonchev–Trinajstić information content (AvgIpc) is 3.12. The van der Waals surface area contributed by atoms with Gasteiger partial charge in [0.15, 0.2) is 0 Å². The van der Waals surface area contributed by atoms with E-state index in [0.717, 1.165) is 32.2 Å². The summed E-state index contributed by atoms with van der Waals surface area (Å²) < 4.78 is 28.5. The molecule has 114 valence electrons. The molecule has 7 heteroatoms. The third-order valence-corrected chi connectivity index (χ3v) is 3.72. The number of pyridine rings is 1. The number of hydrogen-bond acceptors (Lipinski definition) is 4. The van der Waals surface area contributed by atoms with E-state index < -0.39 is 6.61 Å². The second-order valence-electron chi connectivity index (χ2n) is 5.36. The van der Waals surface area contributed by atoms with Gasteiger partial charge in [0.1, 0.15) is 17.6 Å². The second kappa shape index (κ2) is 5.83. The van der Waals surface area contributed by atoms with E-state index in [9.17, 15) is 13.6 Å². The van der Waals surface area contributed by atoms with Gasteiger partial charge in [-0.05, 0) is 37.8 Å². The minimum Gasteiger partial charge on any atom is -0.433 e. The van der Waals surface area contributed by atoms with E-state index in [2.05, 4.69) is 15.0 Å². The van der Waals surface area contributed by atoms with Crippen molar-refractivity contribution in [2.24, 2.45) is 0 Å². The summed E-state index contributed by atoms with van der Waals surface area (Å²) in [6, 6.07) is 3.16. The maximum atomic E-state index is 12.2. The number of amides is 1. The molecule has 21 heavy (non-hydrogen) atoms. The van der Waals surface area contributed by atoms with Crippen LogP contribution in [-0.2, 0) is 4.79 Å². The standard InChI is InChI=1S/C14H17F2N3O2/c15-14(16)21-10-5-6-12(17-8-10)19-7-1-2-11(19)13(20)18-9-3-4-9/h5-6,8-9,11,14H,1-4,7H2,(H,18,20)/t11-/m0/s1. The van der Waals surface area contributed by atoms with Gasteiger partial charge in [-0.2, -0.15) is 8.78 Å². The largest absolute Gasteiger partial charge is 0.433 e. The van der Waals surface area contributed by atoms with E-state index in [0.29, 0.717) is 11.9 Å². The van der Waals surface area contributed by atoms with Crippen molar-refractivity contribution in [1.29, 1.82) is 0 Å². The lowest BCUT2D eigenvalue weighted by Crippen LogP contribution is -2.44.